The van der Waals surface area contributed by atoms with Crippen LogP contribution in [0.2, 0.25) is 0 Å². The number of rotatable bonds is 5. The number of ether oxygens (including phenoxy) is 1. The number of para-hydroxylation sites is 1. The van der Waals surface area contributed by atoms with Crippen LogP contribution >= 0.6 is 0 Å². The van der Waals surface area contributed by atoms with E-state index in [9.17, 15) is 0 Å². The van der Waals surface area contributed by atoms with Gasteiger partial charge in [0.2, 0.25) is 0 Å². The molecule has 1 aromatic carbocycles. The van der Waals surface area contributed by atoms with Crippen LogP contribution in [-0.2, 0) is 0 Å². The molecule has 0 amide bonds. The van der Waals surface area contributed by atoms with E-state index in [0.717, 1.165) is 12.3 Å². The Kier molecular flexibility index (Phi) is 5.23. The number of methoxy groups -OCH3 is 1. The maximum atomic E-state index is 5.43. The molecule has 1 fully saturated rings. The van der Waals surface area contributed by atoms with E-state index in [2.05, 4.69) is 36.3 Å². The van der Waals surface area contributed by atoms with Crippen molar-refractivity contribution in [3.05, 3.63) is 29.8 Å². The third kappa shape index (κ3) is 3.71. The van der Waals surface area contributed by atoms with Crippen molar-refractivity contribution in [3.8, 4) is 5.75 Å². The molecule has 0 aromatic heterocycles. The second-order valence-electron chi connectivity index (χ2n) is 5.50. The van der Waals surface area contributed by atoms with Crippen LogP contribution < -0.4 is 10.1 Å². The molecule has 1 saturated heterocycles. The SMILES string of the molecule is COc1ccccc1[C@@H](C)NCC1CCCCN1C. The van der Waals surface area contributed by atoms with Crippen molar-refractivity contribution in [1.82, 2.24) is 10.2 Å². The number of hydrogen-bond acceptors (Lipinski definition) is 3. The summed E-state index contributed by atoms with van der Waals surface area (Å²) in [5.74, 6) is 0.972. The molecular weight excluding hydrogens is 236 g/mol. The van der Waals surface area contributed by atoms with E-state index in [1.807, 2.05) is 12.1 Å². The molecule has 1 aliphatic heterocycles. The van der Waals surface area contributed by atoms with Gasteiger partial charge in [0, 0.05) is 24.2 Å². The Morgan fingerprint density at radius 1 is 1.37 bits per heavy atom. The van der Waals surface area contributed by atoms with Gasteiger partial charge in [-0.2, -0.15) is 0 Å². The fourth-order valence-corrected chi connectivity index (χ4v) is 2.85. The van der Waals surface area contributed by atoms with E-state index in [4.69, 9.17) is 4.74 Å². The Bertz CT molecular complexity index is 394. The van der Waals surface area contributed by atoms with Gasteiger partial charge in [0.25, 0.3) is 0 Å². The molecule has 0 bridgehead atoms. The van der Waals surface area contributed by atoms with Gasteiger partial charge in [-0.3, -0.25) is 0 Å². The van der Waals surface area contributed by atoms with Crippen LogP contribution in [-0.4, -0.2) is 38.2 Å². The van der Waals surface area contributed by atoms with Crippen molar-refractivity contribution < 1.29 is 4.74 Å². The molecule has 1 heterocycles. The first kappa shape index (κ1) is 14.4. The summed E-state index contributed by atoms with van der Waals surface area (Å²) >= 11 is 0. The molecule has 106 valence electrons. The molecule has 19 heavy (non-hydrogen) atoms. The van der Waals surface area contributed by atoms with Crippen molar-refractivity contribution in [2.24, 2.45) is 0 Å². The van der Waals surface area contributed by atoms with Crippen molar-refractivity contribution in [1.29, 1.82) is 0 Å². The van der Waals surface area contributed by atoms with Gasteiger partial charge in [-0.1, -0.05) is 24.6 Å². The topological polar surface area (TPSA) is 24.5 Å². The van der Waals surface area contributed by atoms with Crippen molar-refractivity contribution in [3.63, 3.8) is 0 Å². The van der Waals surface area contributed by atoms with Crippen LogP contribution in [0, 0.1) is 0 Å². The molecule has 2 rings (SSSR count). The van der Waals surface area contributed by atoms with Crippen molar-refractivity contribution in [2.75, 3.05) is 27.2 Å². The predicted octanol–water partition coefficient (Wildman–Crippen LogP) is 2.83. The average molecular weight is 262 g/mol. The summed E-state index contributed by atoms with van der Waals surface area (Å²) < 4.78 is 5.43. The Morgan fingerprint density at radius 2 is 2.16 bits per heavy atom. The lowest BCUT2D eigenvalue weighted by molar-refractivity contribution is 0.178. The van der Waals surface area contributed by atoms with E-state index in [1.54, 1.807) is 7.11 Å². The largest absolute Gasteiger partial charge is 0.496 e. The number of nitrogens with one attached hydrogen (secondary N) is 1. The monoisotopic (exact) mass is 262 g/mol. The highest BCUT2D eigenvalue weighted by Crippen LogP contribution is 2.24. The molecule has 2 atom stereocenters. The lowest BCUT2D eigenvalue weighted by Crippen LogP contribution is -2.43. The van der Waals surface area contributed by atoms with Gasteiger partial charge >= 0.3 is 0 Å². The predicted molar refractivity (Wildman–Crippen MR) is 79.7 cm³/mol. The zero-order valence-corrected chi connectivity index (χ0v) is 12.4. The zero-order chi connectivity index (χ0) is 13.7. The number of hydrogen-bond donors (Lipinski definition) is 1. The summed E-state index contributed by atoms with van der Waals surface area (Å²) in [6.45, 7) is 4.49. The summed E-state index contributed by atoms with van der Waals surface area (Å²) in [6.07, 6.45) is 4.01. The second kappa shape index (κ2) is 6.92. The van der Waals surface area contributed by atoms with E-state index < -0.39 is 0 Å². The number of nitrogens with zero attached hydrogens (tertiary/aromatic N) is 1. The summed E-state index contributed by atoms with van der Waals surface area (Å²) in [4.78, 5) is 2.48. The minimum atomic E-state index is 0.325. The van der Waals surface area contributed by atoms with Crippen molar-refractivity contribution in [2.45, 2.75) is 38.3 Å². The summed E-state index contributed by atoms with van der Waals surface area (Å²) in [5, 5.41) is 3.65. The number of piperidine rings is 1. The molecule has 3 heteroatoms. The van der Waals surface area contributed by atoms with E-state index >= 15 is 0 Å². The fourth-order valence-electron chi connectivity index (χ4n) is 2.85. The lowest BCUT2D eigenvalue weighted by Gasteiger charge is -2.33. The van der Waals surface area contributed by atoms with Gasteiger partial charge in [0.1, 0.15) is 5.75 Å². The molecular formula is C16H26N2O. The highest BCUT2D eigenvalue weighted by atomic mass is 16.5. The maximum Gasteiger partial charge on any atom is 0.123 e. The minimum Gasteiger partial charge on any atom is -0.496 e. The highest BCUT2D eigenvalue weighted by Gasteiger charge is 2.19. The van der Waals surface area contributed by atoms with E-state index in [0.29, 0.717) is 12.1 Å². The third-order valence-corrected chi connectivity index (χ3v) is 4.19. The Morgan fingerprint density at radius 3 is 2.89 bits per heavy atom. The van der Waals surface area contributed by atoms with Crippen LogP contribution in [0.4, 0.5) is 0 Å². The molecule has 0 saturated carbocycles. The summed E-state index contributed by atoms with van der Waals surface area (Å²) in [5.41, 5.74) is 1.24. The van der Waals surface area contributed by atoms with Crippen LogP contribution in [0.5, 0.6) is 5.75 Å². The Balaban J connectivity index is 1.91. The van der Waals surface area contributed by atoms with Gasteiger partial charge < -0.3 is 15.0 Å². The number of likely N-dealkylation sites (N-methyl/N-ethyl adjacent to an activating group) is 1. The summed E-state index contributed by atoms with van der Waals surface area (Å²) in [6, 6.07) is 9.26. The Labute approximate surface area is 116 Å². The zero-order valence-electron chi connectivity index (χ0n) is 12.4. The molecule has 1 aliphatic rings. The molecule has 1 aromatic rings. The molecule has 3 nitrogen and oxygen atoms in total. The first-order chi connectivity index (χ1) is 9.22. The molecule has 0 aliphatic carbocycles. The van der Waals surface area contributed by atoms with Crippen LogP contribution in [0.15, 0.2) is 24.3 Å². The molecule has 0 radical (unpaired) electrons. The van der Waals surface area contributed by atoms with Gasteiger partial charge in [0.15, 0.2) is 0 Å². The maximum absolute atomic E-state index is 5.43. The second-order valence-corrected chi connectivity index (χ2v) is 5.50. The van der Waals surface area contributed by atoms with Crippen LogP contribution in [0.1, 0.15) is 37.8 Å². The molecule has 1 unspecified atom stereocenters. The van der Waals surface area contributed by atoms with E-state index in [-0.39, 0.29) is 0 Å². The number of benzene rings is 1. The van der Waals surface area contributed by atoms with Gasteiger partial charge in [-0.05, 0) is 39.4 Å². The molecule has 1 N–H and O–H groups in total. The average Bonchev–Trinajstić information content (AvgIpc) is 2.46. The van der Waals surface area contributed by atoms with Gasteiger partial charge in [-0.25, -0.2) is 0 Å². The first-order valence-electron chi connectivity index (χ1n) is 7.29. The van der Waals surface area contributed by atoms with Gasteiger partial charge in [0.05, 0.1) is 7.11 Å². The van der Waals surface area contributed by atoms with Crippen LogP contribution in [0.3, 0.4) is 0 Å². The normalized spacial score (nSPS) is 22.2. The standard InChI is InChI=1S/C16H26N2O/c1-13(15-9-4-5-10-16(15)19-3)17-12-14-8-6-7-11-18(14)2/h4-5,9-10,13-14,17H,6-8,11-12H2,1-3H3/t13-,14?/m1/s1. The molecule has 0 spiro atoms. The smallest absolute Gasteiger partial charge is 0.123 e. The fraction of sp³-hybridized carbons (Fsp3) is 0.625. The summed E-state index contributed by atoms with van der Waals surface area (Å²) in [7, 11) is 3.97. The van der Waals surface area contributed by atoms with Crippen LogP contribution in [0.25, 0.3) is 0 Å². The Hall–Kier alpha value is -1.06. The quantitative estimate of drug-likeness (QED) is 0.883. The third-order valence-electron chi connectivity index (χ3n) is 4.19. The van der Waals surface area contributed by atoms with Gasteiger partial charge in [-0.15, -0.1) is 0 Å². The number of likely N-dealkylation sites (tertiary alicyclic amines) is 1. The first-order valence-corrected chi connectivity index (χ1v) is 7.29. The van der Waals surface area contributed by atoms with E-state index in [1.165, 1.54) is 31.4 Å². The minimum absolute atomic E-state index is 0.325. The highest BCUT2D eigenvalue weighted by molar-refractivity contribution is 5.35. The van der Waals surface area contributed by atoms with Crippen molar-refractivity contribution >= 4 is 0 Å². The lowest BCUT2D eigenvalue weighted by atomic mass is 10.0.